The molecule has 0 aromatic heterocycles. The van der Waals surface area contributed by atoms with Crippen LogP contribution in [-0.4, -0.2) is 28.8 Å². The summed E-state index contributed by atoms with van der Waals surface area (Å²) in [6.45, 7) is 4.20. The fourth-order valence-electron chi connectivity index (χ4n) is 2.31. The molecule has 1 saturated heterocycles. The normalized spacial score (nSPS) is 18.2. The summed E-state index contributed by atoms with van der Waals surface area (Å²) in [5.74, 6) is -0.379. The molecule has 112 valence electrons. The number of carbonyl (C=O) groups excluding carboxylic acids is 3. The molecule has 6 heteroatoms. The number of benzene rings is 1. The molecule has 0 aliphatic carbocycles. The van der Waals surface area contributed by atoms with E-state index in [2.05, 4.69) is 5.32 Å². The SMILES string of the molecule is CC(C)CC1NC(=O)N(Cc2ccc(C(N)=O)cc2)C1=O. The number of hydrogen-bond donors (Lipinski definition) is 2. The van der Waals surface area contributed by atoms with Crippen LogP contribution < -0.4 is 11.1 Å². The summed E-state index contributed by atoms with van der Waals surface area (Å²) in [5.41, 5.74) is 6.34. The number of rotatable bonds is 5. The van der Waals surface area contributed by atoms with Crippen LogP contribution in [0.1, 0.15) is 36.2 Å². The minimum absolute atomic E-state index is 0.193. The molecule has 3 N–H and O–H groups in total. The summed E-state index contributed by atoms with van der Waals surface area (Å²) in [6, 6.07) is 5.74. The van der Waals surface area contributed by atoms with Gasteiger partial charge in [0.2, 0.25) is 5.91 Å². The summed E-state index contributed by atoms with van der Waals surface area (Å²) in [6.07, 6.45) is 0.627. The standard InChI is InChI=1S/C15H19N3O3/c1-9(2)7-12-14(20)18(15(21)17-12)8-10-3-5-11(6-4-10)13(16)19/h3-6,9,12H,7-8H2,1-2H3,(H2,16,19)(H,17,21). The van der Waals surface area contributed by atoms with Gasteiger partial charge in [-0.05, 0) is 30.0 Å². The van der Waals surface area contributed by atoms with E-state index in [1.165, 1.54) is 4.90 Å². The zero-order valence-electron chi connectivity index (χ0n) is 12.1. The summed E-state index contributed by atoms with van der Waals surface area (Å²) < 4.78 is 0. The van der Waals surface area contributed by atoms with Crippen LogP contribution >= 0.6 is 0 Å². The lowest BCUT2D eigenvalue weighted by molar-refractivity contribution is -0.128. The fourth-order valence-corrected chi connectivity index (χ4v) is 2.31. The van der Waals surface area contributed by atoms with Gasteiger partial charge in [-0.15, -0.1) is 0 Å². The molecular formula is C15H19N3O3. The van der Waals surface area contributed by atoms with Crippen molar-refractivity contribution in [2.45, 2.75) is 32.9 Å². The van der Waals surface area contributed by atoms with Crippen LogP contribution in [0.25, 0.3) is 0 Å². The molecule has 1 aliphatic rings. The molecule has 0 bridgehead atoms. The number of nitrogens with one attached hydrogen (secondary N) is 1. The van der Waals surface area contributed by atoms with E-state index in [0.29, 0.717) is 17.9 Å². The first-order valence-electron chi connectivity index (χ1n) is 6.89. The third-order valence-electron chi connectivity index (χ3n) is 3.39. The molecule has 1 aromatic carbocycles. The Kier molecular flexibility index (Phi) is 4.26. The van der Waals surface area contributed by atoms with Crippen molar-refractivity contribution in [3.8, 4) is 0 Å². The molecule has 1 aliphatic heterocycles. The summed E-state index contributed by atoms with van der Waals surface area (Å²) >= 11 is 0. The van der Waals surface area contributed by atoms with Crippen LogP contribution in [0.4, 0.5) is 4.79 Å². The van der Waals surface area contributed by atoms with Crippen LogP contribution in [0.3, 0.4) is 0 Å². The van der Waals surface area contributed by atoms with Crippen LogP contribution in [-0.2, 0) is 11.3 Å². The van der Waals surface area contributed by atoms with Gasteiger partial charge in [-0.25, -0.2) is 4.79 Å². The highest BCUT2D eigenvalue weighted by Crippen LogP contribution is 2.17. The zero-order valence-corrected chi connectivity index (χ0v) is 12.1. The zero-order chi connectivity index (χ0) is 15.6. The Bertz CT molecular complexity index is 566. The molecule has 0 saturated carbocycles. The first-order chi connectivity index (χ1) is 9.88. The topological polar surface area (TPSA) is 92.5 Å². The number of primary amides is 1. The van der Waals surface area contributed by atoms with E-state index in [0.717, 1.165) is 5.56 Å². The molecule has 0 radical (unpaired) electrons. The number of urea groups is 1. The van der Waals surface area contributed by atoms with Gasteiger partial charge in [0.25, 0.3) is 5.91 Å². The fraction of sp³-hybridized carbons (Fsp3) is 0.400. The van der Waals surface area contributed by atoms with E-state index >= 15 is 0 Å². The second-order valence-corrected chi connectivity index (χ2v) is 5.62. The first-order valence-corrected chi connectivity index (χ1v) is 6.89. The van der Waals surface area contributed by atoms with Crippen molar-refractivity contribution in [3.63, 3.8) is 0 Å². The average Bonchev–Trinajstić information content (AvgIpc) is 2.66. The van der Waals surface area contributed by atoms with Crippen molar-refractivity contribution in [3.05, 3.63) is 35.4 Å². The molecule has 1 atom stereocenters. The summed E-state index contributed by atoms with van der Waals surface area (Å²) in [5, 5.41) is 2.70. The van der Waals surface area contributed by atoms with E-state index in [4.69, 9.17) is 5.73 Å². The van der Waals surface area contributed by atoms with Gasteiger partial charge in [-0.2, -0.15) is 0 Å². The number of carbonyl (C=O) groups is 3. The highest BCUT2D eigenvalue weighted by molar-refractivity contribution is 6.04. The smallest absolute Gasteiger partial charge is 0.325 e. The molecule has 1 heterocycles. The van der Waals surface area contributed by atoms with Crippen molar-refractivity contribution in [2.75, 3.05) is 0 Å². The van der Waals surface area contributed by atoms with Crippen LogP contribution in [0.15, 0.2) is 24.3 Å². The Morgan fingerprint density at radius 2 is 1.90 bits per heavy atom. The monoisotopic (exact) mass is 289 g/mol. The summed E-state index contributed by atoms with van der Waals surface area (Å²) in [7, 11) is 0. The number of imide groups is 1. The van der Waals surface area contributed by atoms with E-state index in [1.807, 2.05) is 13.8 Å². The molecule has 1 unspecified atom stereocenters. The van der Waals surface area contributed by atoms with Crippen LogP contribution in [0.2, 0.25) is 0 Å². The first kappa shape index (κ1) is 15.0. The van der Waals surface area contributed by atoms with Gasteiger partial charge in [-0.3, -0.25) is 14.5 Å². The Labute approximate surface area is 123 Å². The van der Waals surface area contributed by atoms with Gasteiger partial charge in [-0.1, -0.05) is 26.0 Å². The van der Waals surface area contributed by atoms with Crippen LogP contribution in [0, 0.1) is 5.92 Å². The van der Waals surface area contributed by atoms with E-state index < -0.39 is 11.9 Å². The van der Waals surface area contributed by atoms with E-state index in [9.17, 15) is 14.4 Å². The molecule has 6 nitrogen and oxygen atoms in total. The third-order valence-corrected chi connectivity index (χ3v) is 3.39. The minimum atomic E-state index is -0.506. The van der Waals surface area contributed by atoms with Gasteiger partial charge in [0.1, 0.15) is 6.04 Å². The second kappa shape index (κ2) is 5.95. The Hall–Kier alpha value is -2.37. The van der Waals surface area contributed by atoms with Crippen LogP contribution in [0.5, 0.6) is 0 Å². The van der Waals surface area contributed by atoms with Gasteiger partial charge >= 0.3 is 6.03 Å². The van der Waals surface area contributed by atoms with Crippen molar-refractivity contribution >= 4 is 17.8 Å². The van der Waals surface area contributed by atoms with Gasteiger partial charge in [0.15, 0.2) is 0 Å². The third kappa shape index (κ3) is 3.39. The number of nitrogens with two attached hydrogens (primary N) is 1. The molecule has 1 fully saturated rings. The van der Waals surface area contributed by atoms with Gasteiger partial charge < -0.3 is 11.1 Å². The molecule has 2 rings (SSSR count). The average molecular weight is 289 g/mol. The lowest BCUT2D eigenvalue weighted by Gasteiger charge is -2.14. The quantitative estimate of drug-likeness (QED) is 0.799. The Morgan fingerprint density at radius 3 is 2.43 bits per heavy atom. The molecular weight excluding hydrogens is 270 g/mol. The van der Waals surface area contributed by atoms with Crippen molar-refractivity contribution in [1.82, 2.24) is 10.2 Å². The lowest BCUT2D eigenvalue weighted by Crippen LogP contribution is -2.31. The van der Waals surface area contributed by atoms with Gasteiger partial charge in [0.05, 0.1) is 6.54 Å². The Morgan fingerprint density at radius 1 is 1.29 bits per heavy atom. The molecule has 21 heavy (non-hydrogen) atoms. The molecule has 0 spiro atoms. The van der Waals surface area contributed by atoms with Crippen molar-refractivity contribution in [2.24, 2.45) is 11.7 Å². The summed E-state index contributed by atoms with van der Waals surface area (Å²) in [4.78, 5) is 36.3. The molecule has 1 aromatic rings. The van der Waals surface area contributed by atoms with Gasteiger partial charge in [0, 0.05) is 5.56 Å². The largest absolute Gasteiger partial charge is 0.366 e. The maximum atomic E-state index is 12.2. The maximum absolute atomic E-state index is 12.2. The predicted octanol–water partition coefficient (Wildman–Crippen LogP) is 1.25. The number of nitrogens with zero attached hydrogens (tertiary/aromatic N) is 1. The number of hydrogen-bond acceptors (Lipinski definition) is 3. The highest BCUT2D eigenvalue weighted by atomic mass is 16.2. The van der Waals surface area contributed by atoms with Crippen molar-refractivity contribution < 1.29 is 14.4 Å². The van der Waals surface area contributed by atoms with E-state index in [1.54, 1.807) is 24.3 Å². The Balaban J connectivity index is 2.07. The predicted molar refractivity (Wildman–Crippen MR) is 77.3 cm³/mol. The van der Waals surface area contributed by atoms with Crippen molar-refractivity contribution in [1.29, 1.82) is 0 Å². The second-order valence-electron chi connectivity index (χ2n) is 5.62. The molecule has 4 amide bonds. The number of amides is 4. The maximum Gasteiger partial charge on any atom is 0.325 e. The lowest BCUT2D eigenvalue weighted by atomic mass is 10.0. The minimum Gasteiger partial charge on any atom is -0.366 e. The van der Waals surface area contributed by atoms with E-state index in [-0.39, 0.29) is 18.5 Å². The highest BCUT2D eigenvalue weighted by Gasteiger charge is 2.37.